The Morgan fingerprint density at radius 3 is 2.39 bits per heavy atom. The zero-order chi connectivity index (χ0) is 27.2. The molecule has 2 N–H and O–H groups in total. The van der Waals surface area contributed by atoms with Crippen molar-refractivity contribution in [3.63, 3.8) is 0 Å². The average Bonchev–Trinajstić information content (AvgIpc) is 3.34. The number of alkyl halides is 1. The van der Waals surface area contributed by atoms with E-state index in [9.17, 15) is 18.4 Å². The summed E-state index contributed by atoms with van der Waals surface area (Å²) in [5.41, 5.74) is 7.87. The van der Waals surface area contributed by atoms with Gasteiger partial charge in [0, 0.05) is 19.6 Å². The third kappa shape index (κ3) is 7.22. The lowest BCUT2D eigenvalue weighted by Gasteiger charge is -2.31. The Morgan fingerprint density at radius 1 is 1.03 bits per heavy atom. The second-order valence-electron chi connectivity index (χ2n) is 10.5. The SMILES string of the molecule is CC(C)OC(=O)N1CCC(COc2cccc(-c3ccc(CC(N)C(=O)N4CC[C@H](F)C4)c(F)c3)c2)CC1. The van der Waals surface area contributed by atoms with Crippen LogP contribution < -0.4 is 10.5 Å². The monoisotopic (exact) mass is 529 g/mol. The largest absolute Gasteiger partial charge is 0.493 e. The highest BCUT2D eigenvalue weighted by Crippen LogP contribution is 2.27. The lowest BCUT2D eigenvalue weighted by Crippen LogP contribution is -2.44. The van der Waals surface area contributed by atoms with Gasteiger partial charge in [-0.2, -0.15) is 0 Å². The molecule has 206 valence electrons. The predicted molar refractivity (Wildman–Crippen MR) is 141 cm³/mol. The molecule has 2 saturated heterocycles. The van der Waals surface area contributed by atoms with Crippen LogP contribution in [0.5, 0.6) is 5.75 Å². The lowest BCUT2D eigenvalue weighted by atomic mass is 9.98. The van der Waals surface area contributed by atoms with Crippen LogP contribution in [0.4, 0.5) is 13.6 Å². The molecule has 38 heavy (non-hydrogen) atoms. The van der Waals surface area contributed by atoms with Crippen molar-refractivity contribution in [3.8, 4) is 16.9 Å². The van der Waals surface area contributed by atoms with Crippen molar-refractivity contribution >= 4 is 12.0 Å². The van der Waals surface area contributed by atoms with E-state index in [1.165, 1.54) is 11.0 Å². The molecule has 4 rings (SSSR count). The second-order valence-corrected chi connectivity index (χ2v) is 10.5. The maximum Gasteiger partial charge on any atom is 0.410 e. The van der Waals surface area contributed by atoms with Gasteiger partial charge in [0.1, 0.15) is 17.7 Å². The van der Waals surface area contributed by atoms with Gasteiger partial charge in [-0.1, -0.05) is 24.3 Å². The van der Waals surface area contributed by atoms with Crippen LogP contribution in [0.3, 0.4) is 0 Å². The number of piperidine rings is 1. The number of nitrogens with zero attached hydrogens (tertiary/aromatic N) is 2. The minimum atomic E-state index is -1.02. The predicted octanol–water partition coefficient (Wildman–Crippen LogP) is 4.57. The number of nitrogens with two attached hydrogens (primary N) is 1. The molecule has 0 bridgehead atoms. The number of halogens is 2. The molecule has 1 unspecified atom stereocenters. The highest BCUT2D eigenvalue weighted by molar-refractivity contribution is 5.82. The van der Waals surface area contributed by atoms with Crippen molar-refractivity contribution in [1.82, 2.24) is 9.80 Å². The van der Waals surface area contributed by atoms with E-state index in [1.54, 1.807) is 17.0 Å². The van der Waals surface area contributed by atoms with Gasteiger partial charge in [-0.15, -0.1) is 0 Å². The Kier molecular flexibility index (Phi) is 9.20. The third-order valence-electron chi connectivity index (χ3n) is 7.11. The summed E-state index contributed by atoms with van der Waals surface area (Å²) in [6.45, 7) is 5.91. The fourth-order valence-electron chi connectivity index (χ4n) is 4.91. The Morgan fingerprint density at radius 2 is 1.74 bits per heavy atom. The summed E-state index contributed by atoms with van der Waals surface area (Å²) < 4.78 is 39.7. The van der Waals surface area contributed by atoms with Crippen molar-refractivity contribution in [2.75, 3.05) is 32.8 Å². The summed E-state index contributed by atoms with van der Waals surface area (Å²) in [4.78, 5) is 27.7. The molecular formula is C29H37F2N3O4. The van der Waals surface area contributed by atoms with Crippen LogP contribution in [-0.2, 0) is 16.0 Å². The Bertz CT molecular complexity index is 1120. The highest BCUT2D eigenvalue weighted by Gasteiger charge is 2.29. The molecule has 2 aromatic carbocycles. The van der Waals surface area contributed by atoms with E-state index in [-0.39, 0.29) is 31.1 Å². The Balaban J connectivity index is 1.30. The number of hydrogen-bond acceptors (Lipinski definition) is 5. The molecule has 2 heterocycles. The summed E-state index contributed by atoms with van der Waals surface area (Å²) in [5.74, 6) is 0.240. The second kappa shape index (κ2) is 12.6. The van der Waals surface area contributed by atoms with Crippen molar-refractivity contribution in [2.24, 2.45) is 11.7 Å². The number of rotatable bonds is 8. The average molecular weight is 530 g/mol. The van der Waals surface area contributed by atoms with Crippen LogP contribution in [0, 0.1) is 11.7 Å². The lowest BCUT2D eigenvalue weighted by molar-refractivity contribution is -0.131. The zero-order valence-corrected chi connectivity index (χ0v) is 22.1. The summed E-state index contributed by atoms with van der Waals surface area (Å²) in [5, 5.41) is 0. The number of likely N-dealkylation sites (tertiary alicyclic amines) is 2. The van der Waals surface area contributed by atoms with Crippen molar-refractivity contribution in [2.45, 2.75) is 57.8 Å². The number of hydrogen-bond donors (Lipinski definition) is 1. The molecule has 0 saturated carbocycles. The number of carbonyl (C=O) groups is 2. The van der Waals surface area contributed by atoms with Gasteiger partial charge in [-0.3, -0.25) is 4.79 Å². The van der Waals surface area contributed by atoms with Gasteiger partial charge < -0.3 is 25.0 Å². The van der Waals surface area contributed by atoms with Crippen LogP contribution in [0.1, 0.15) is 38.7 Å². The molecular weight excluding hydrogens is 492 g/mol. The summed E-state index contributed by atoms with van der Waals surface area (Å²) >= 11 is 0. The Hall–Kier alpha value is -3.20. The van der Waals surface area contributed by atoms with Crippen LogP contribution in [-0.4, -0.2) is 72.9 Å². The Labute approximate surface area is 222 Å². The molecule has 2 atom stereocenters. The van der Waals surface area contributed by atoms with Gasteiger partial charge in [-0.05, 0) is 80.3 Å². The minimum absolute atomic E-state index is 0.0511. The van der Waals surface area contributed by atoms with E-state index < -0.39 is 18.0 Å². The zero-order valence-electron chi connectivity index (χ0n) is 22.1. The van der Waals surface area contributed by atoms with Gasteiger partial charge in [-0.25, -0.2) is 13.6 Å². The van der Waals surface area contributed by atoms with E-state index in [0.717, 1.165) is 18.4 Å². The van der Waals surface area contributed by atoms with Crippen LogP contribution >= 0.6 is 0 Å². The molecule has 2 aromatic rings. The third-order valence-corrected chi connectivity index (χ3v) is 7.11. The molecule has 0 aliphatic carbocycles. The molecule has 2 fully saturated rings. The fourth-order valence-corrected chi connectivity index (χ4v) is 4.91. The van der Waals surface area contributed by atoms with Gasteiger partial charge in [0.25, 0.3) is 0 Å². The number of amides is 2. The molecule has 0 radical (unpaired) electrons. The van der Waals surface area contributed by atoms with E-state index in [1.807, 2.05) is 38.1 Å². The molecule has 2 amide bonds. The first kappa shape index (κ1) is 27.8. The van der Waals surface area contributed by atoms with Crippen molar-refractivity contribution in [3.05, 3.63) is 53.8 Å². The standard InChI is InChI=1S/C29H37F2N3O4/c1-19(2)38-29(36)33-11-8-20(9-12-33)18-37-25-5-3-4-21(14-25)22-6-7-23(26(31)15-22)16-27(32)28(35)34-13-10-24(30)17-34/h3-7,14-15,19-20,24,27H,8-13,16-18,32H2,1-2H3/t24-,27?/m0/s1. The number of benzene rings is 2. The number of ether oxygens (including phenoxy) is 2. The van der Waals surface area contributed by atoms with Gasteiger partial charge in [0.2, 0.25) is 5.91 Å². The van der Waals surface area contributed by atoms with E-state index in [4.69, 9.17) is 15.2 Å². The topological polar surface area (TPSA) is 85.1 Å². The van der Waals surface area contributed by atoms with Crippen molar-refractivity contribution in [1.29, 1.82) is 0 Å². The first-order chi connectivity index (χ1) is 18.2. The fraction of sp³-hybridized carbons (Fsp3) is 0.517. The molecule has 9 heteroatoms. The van der Waals surface area contributed by atoms with Crippen LogP contribution in [0.2, 0.25) is 0 Å². The number of carbonyl (C=O) groups excluding carboxylic acids is 2. The first-order valence-corrected chi connectivity index (χ1v) is 13.3. The molecule has 7 nitrogen and oxygen atoms in total. The molecule has 2 aliphatic rings. The molecule has 0 aromatic heterocycles. The maximum absolute atomic E-state index is 14.9. The molecule has 2 aliphatic heterocycles. The van der Waals surface area contributed by atoms with E-state index in [2.05, 4.69) is 0 Å². The van der Waals surface area contributed by atoms with E-state index >= 15 is 0 Å². The van der Waals surface area contributed by atoms with Gasteiger partial charge in [0.05, 0.1) is 25.3 Å². The van der Waals surface area contributed by atoms with Crippen LogP contribution in [0.15, 0.2) is 42.5 Å². The first-order valence-electron chi connectivity index (χ1n) is 13.3. The highest BCUT2D eigenvalue weighted by atomic mass is 19.1. The van der Waals surface area contributed by atoms with Crippen LogP contribution in [0.25, 0.3) is 11.1 Å². The van der Waals surface area contributed by atoms with E-state index in [0.29, 0.717) is 55.5 Å². The maximum atomic E-state index is 14.9. The van der Waals surface area contributed by atoms with Gasteiger partial charge in [0.15, 0.2) is 0 Å². The minimum Gasteiger partial charge on any atom is -0.493 e. The summed E-state index contributed by atoms with van der Waals surface area (Å²) in [7, 11) is 0. The summed E-state index contributed by atoms with van der Waals surface area (Å²) in [6.07, 6.45) is 0.644. The van der Waals surface area contributed by atoms with Crippen molar-refractivity contribution < 1.29 is 27.8 Å². The molecule has 0 spiro atoms. The summed E-state index contributed by atoms with van der Waals surface area (Å²) in [6, 6.07) is 11.5. The normalized spacial score (nSPS) is 19.1. The van der Waals surface area contributed by atoms with Gasteiger partial charge >= 0.3 is 6.09 Å². The quantitative estimate of drug-likeness (QED) is 0.542. The smallest absolute Gasteiger partial charge is 0.410 e.